The van der Waals surface area contributed by atoms with Crippen LogP contribution in [0.2, 0.25) is 0 Å². The second-order valence-electron chi connectivity index (χ2n) is 16.2. The largest absolute Gasteiger partial charge is 0.443 e. The monoisotopic (exact) mass is 796 g/mol. The zero-order valence-corrected chi connectivity index (χ0v) is 33.1. The number of hydrogen-bond donors (Lipinski definition) is 2. The Balaban J connectivity index is 1.03. The number of ether oxygens (including phenoxy) is 1. The first-order valence-corrected chi connectivity index (χ1v) is 19.4. The van der Waals surface area contributed by atoms with E-state index < -0.39 is 35.2 Å². The number of fused-ring (bicyclic) bond motifs is 1. The Bertz CT molecular complexity index is 2290. The summed E-state index contributed by atoms with van der Waals surface area (Å²) in [6, 6.07) is 12.6. The number of amides is 3. The van der Waals surface area contributed by atoms with E-state index in [-0.39, 0.29) is 36.7 Å². The van der Waals surface area contributed by atoms with Gasteiger partial charge >= 0.3 is 12.3 Å². The molecule has 0 atom stereocenters. The van der Waals surface area contributed by atoms with E-state index in [2.05, 4.69) is 36.9 Å². The molecule has 3 aliphatic rings. The van der Waals surface area contributed by atoms with Crippen molar-refractivity contribution in [2.75, 3.05) is 50.3 Å². The predicted molar refractivity (Wildman–Crippen MR) is 212 cm³/mol. The summed E-state index contributed by atoms with van der Waals surface area (Å²) < 4.78 is 50.0. The van der Waals surface area contributed by atoms with Crippen molar-refractivity contribution in [3.8, 4) is 23.2 Å². The van der Waals surface area contributed by atoms with Crippen LogP contribution in [0.3, 0.4) is 0 Å². The normalized spacial score (nSPS) is 16.4. The molecule has 1 saturated heterocycles. The zero-order valence-electron chi connectivity index (χ0n) is 33.1. The highest BCUT2D eigenvalue weighted by atomic mass is 19.4. The fraction of sp³-hybridized carbons (Fsp3) is 0.419. The lowest BCUT2D eigenvalue weighted by Crippen LogP contribution is -2.46. The summed E-state index contributed by atoms with van der Waals surface area (Å²) in [6.07, 6.45) is -0.950. The van der Waals surface area contributed by atoms with Crippen molar-refractivity contribution >= 4 is 29.5 Å². The quantitative estimate of drug-likeness (QED) is 0.202. The number of nitrogen functional groups attached to an aromatic ring is 1. The van der Waals surface area contributed by atoms with Crippen LogP contribution in [0.1, 0.15) is 77.5 Å². The van der Waals surface area contributed by atoms with E-state index in [0.29, 0.717) is 40.1 Å². The van der Waals surface area contributed by atoms with Crippen LogP contribution in [0.25, 0.3) is 11.4 Å². The first-order valence-electron chi connectivity index (χ1n) is 19.4. The fourth-order valence-electron chi connectivity index (χ4n) is 7.38. The highest BCUT2D eigenvalue weighted by Gasteiger charge is 2.36. The van der Waals surface area contributed by atoms with E-state index in [1.807, 2.05) is 4.57 Å². The van der Waals surface area contributed by atoms with E-state index in [1.54, 1.807) is 58.2 Å². The van der Waals surface area contributed by atoms with E-state index in [1.165, 1.54) is 31.2 Å². The lowest BCUT2D eigenvalue weighted by atomic mass is 10.0. The van der Waals surface area contributed by atoms with Gasteiger partial charge in [0.1, 0.15) is 11.3 Å². The summed E-state index contributed by atoms with van der Waals surface area (Å²) in [7, 11) is 1.80. The lowest BCUT2D eigenvalue weighted by molar-refractivity contribution is -0.138. The molecule has 1 saturated carbocycles. The molecule has 3 amide bonds. The molecule has 58 heavy (non-hydrogen) atoms. The van der Waals surface area contributed by atoms with E-state index in [9.17, 15) is 27.6 Å². The standard InChI is InChI=1S/C43H47F3N8O4/c1-42(2,3)58-41(57)54-15-14-35-33(39(54)56)23-36(51(35)4)38-30(24-48-40(47)50-38)11-10-27-6-5-7-29(20-27)21-37(55)49-32-13-12-31(34(22-32)43(44,45)46)26-53-18-16-52(17-19-53)25-28-8-9-28/h5-7,12-13,20,22-24,28H,8-9,14-19,21,25-26H2,1-4H3,(H,49,55)(H2,47,48,50). The van der Waals surface area contributed by atoms with Gasteiger partial charge in [-0.3, -0.25) is 14.5 Å². The van der Waals surface area contributed by atoms with Gasteiger partial charge in [0.2, 0.25) is 11.9 Å². The molecular weight excluding hydrogens is 750 g/mol. The molecule has 0 radical (unpaired) electrons. The van der Waals surface area contributed by atoms with Gasteiger partial charge in [-0.1, -0.05) is 30.0 Å². The van der Waals surface area contributed by atoms with Crippen LogP contribution in [-0.4, -0.2) is 92.0 Å². The van der Waals surface area contributed by atoms with Crippen LogP contribution in [0.5, 0.6) is 0 Å². The molecule has 1 aliphatic carbocycles. The number of nitrogens with zero attached hydrogens (tertiary/aromatic N) is 6. The topological polar surface area (TPSA) is 139 Å². The highest BCUT2D eigenvalue weighted by Crippen LogP contribution is 2.35. The molecule has 2 aromatic heterocycles. The number of anilines is 2. The number of nitrogens with two attached hydrogens (primary N) is 1. The smallest absolute Gasteiger partial charge is 0.417 e. The minimum atomic E-state index is -4.58. The number of rotatable bonds is 8. The van der Waals surface area contributed by atoms with E-state index in [4.69, 9.17) is 10.5 Å². The van der Waals surface area contributed by atoms with Crippen molar-refractivity contribution in [3.05, 3.63) is 93.8 Å². The minimum Gasteiger partial charge on any atom is -0.443 e. The number of nitrogens with one attached hydrogen (secondary N) is 1. The summed E-state index contributed by atoms with van der Waals surface area (Å²) in [6.45, 7) is 9.77. The number of halogens is 3. The van der Waals surface area contributed by atoms with Crippen molar-refractivity contribution in [1.29, 1.82) is 0 Å². The van der Waals surface area contributed by atoms with Crippen LogP contribution < -0.4 is 11.1 Å². The van der Waals surface area contributed by atoms with Gasteiger partial charge in [0.05, 0.1) is 28.8 Å². The average Bonchev–Trinajstić information content (AvgIpc) is 3.91. The Labute approximate surface area is 335 Å². The molecule has 304 valence electrons. The Morgan fingerprint density at radius 2 is 1.72 bits per heavy atom. The first-order chi connectivity index (χ1) is 27.5. The van der Waals surface area contributed by atoms with E-state index >= 15 is 0 Å². The van der Waals surface area contributed by atoms with Gasteiger partial charge in [0.15, 0.2) is 0 Å². The molecule has 2 aromatic carbocycles. The minimum absolute atomic E-state index is 0.00360. The molecule has 0 unspecified atom stereocenters. The van der Waals surface area contributed by atoms with Gasteiger partial charge in [-0.15, -0.1) is 0 Å². The number of aromatic nitrogens is 3. The molecule has 15 heteroatoms. The van der Waals surface area contributed by atoms with Crippen LogP contribution >= 0.6 is 0 Å². The second kappa shape index (κ2) is 16.3. The number of piperazine rings is 1. The van der Waals surface area contributed by atoms with Crippen molar-refractivity contribution in [3.63, 3.8) is 0 Å². The predicted octanol–water partition coefficient (Wildman–Crippen LogP) is 6.13. The third kappa shape index (κ3) is 9.69. The maximum absolute atomic E-state index is 14.2. The Morgan fingerprint density at radius 3 is 2.43 bits per heavy atom. The summed E-state index contributed by atoms with van der Waals surface area (Å²) in [5.41, 5.74) is 8.34. The van der Waals surface area contributed by atoms with Gasteiger partial charge in [-0.05, 0) is 81.0 Å². The maximum Gasteiger partial charge on any atom is 0.417 e. The Morgan fingerprint density at radius 1 is 0.983 bits per heavy atom. The molecule has 7 rings (SSSR count). The van der Waals surface area contributed by atoms with Gasteiger partial charge < -0.3 is 25.3 Å². The van der Waals surface area contributed by atoms with Crippen molar-refractivity contribution in [2.24, 2.45) is 13.0 Å². The fourth-order valence-corrected chi connectivity index (χ4v) is 7.38. The zero-order chi connectivity index (χ0) is 41.4. The van der Waals surface area contributed by atoms with Crippen molar-refractivity contribution in [1.82, 2.24) is 29.2 Å². The van der Waals surface area contributed by atoms with Gasteiger partial charge in [0, 0.05) is 82.4 Å². The van der Waals surface area contributed by atoms with Crippen LogP contribution in [0, 0.1) is 17.8 Å². The van der Waals surface area contributed by atoms with E-state index in [0.717, 1.165) is 55.3 Å². The number of carbonyl (C=O) groups excluding carboxylic acids is 3. The number of carbonyl (C=O) groups is 3. The van der Waals surface area contributed by atoms with Crippen molar-refractivity contribution < 1.29 is 32.3 Å². The van der Waals surface area contributed by atoms with Gasteiger partial charge in [0.25, 0.3) is 5.91 Å². The van der Waals surface area contributed by atoms with Gasteiger partial charge in [-0.25, -0.2) is 19.7 Å². The Kier molecular flexibility index (Phi) is 11.3. The third-order valence-electron chi connectivity index (χ3n) is 10.5. The second-order valence-corrected chi connectivity index (χ2v) is 16.2. The molecule has 2 fully saturated rings. The SMILES string of the molecule is Cn1c(-c2nc(N)ncc2C#Cc2cccc(CC(=O)Nc3ccc(CN4CCN(CC5CC5)CC4)c(C(F)(F)F)c3)c2)cc2c1CCN(C(=O)OC(C)(C)C)C2=O. The molecule has 4 heterocycles. The van der Waals surface area contributed by atoms with Crippen LogP contribution in [-0.2, 0) is 42.1 Å². The maximum atomic E-state index is 14.2. The first kappa shape index (κ1) is 40.5. The summed E-state index contributed by atoms with van der Waals surface area (Å²) in [5.74, 6) is 6.00. The molecule has 12 nitrogen and oxygen atoms in total. The number of benzene rings is 2. The molecule has 3 N–H and O–H groups in total. The lowest BCUT2D eigenvalue weighted by Gasteiger charge is -2.35. The van der Waals surface area contributed by atoms with Gasteiger partial charge in [-0.2, -0.15) is 13.2 Å². The number of imide groups is 1. The molecular formula is C43H47F3N8O4. The average molecular weight is 797 g/mol. The molecule has 4 aromatic rings. The molecule has 0 bridgehead atoms. The summed E-state index contributed by atoms with van der Waals surface area (Å²) in [5, 5.41) is 2.64. The molecule has 0 spiro atoms. The summed E-state index contributed by atoms with van der Waals surface area (Å²) in [4.78, 5) is 53.5. The number of alkyl halides is 3. The third-order valence-corrected chi connectivity index (χ3v) is 10.5. The highest BCUT2D eigenvalue weighted by molar-refractivity contribution is 6.05. The summed E-state index contributed by atoms with van der Waals surface area (Å²) >= 11 is 0. The van der Waals surface area contributed by atoms with Crippen LogP contribution in [0.4, 0.5) is 29.6 Å². The Hall–Kier alpha value is -5.72. The van der Waals surface area contributed by atoms with Crippen LogP contribution in [0.15, 0.2) is 54.7 Å². The van der Waals surface area contributed by atoms with Crippen molar-refractivity contribution in [2.45, 2.75) is 64.8 Å². The molecule has 2 aliphatic heterocycles. The number of hydrogen-bond acceptors (Lipinski definition) is 9.